The van der Waals surface area contributed by atoms with Crippen molar-refractivity contribution in [2.45, 2.75) is 19.8 Å². The number of carbonyl (C=O) groups excluding carboxylic acids is 1. The van der Waals surface area contributed by atoms with Gasteiger partial charge in [-0.05, 0) is 31.9 Å². The Morgan fingerprint density at radius 1 is 1.00 bits per heavy atom. The lowest BCUT2D eigenvalue weighted by molar-refractivity contribution is 0.104. The average Bonchev–Trinajstić information content (AvgIpc) is 3.23. The van der Waals surface area contributed by atoms with Gasteiger partial charge in [-0.25, -0.2) is 0 Å². The van der Waals surface area contributed by atoms with Crippen LogP contribution in [-0.2, 0) is 0 Å². The molecule has 160 valence electrons. The van der Waals surface area contributed by atoms with Crippen molar-refractivity contribution in [1.82, 2.24) is 10.1 Å². The fourth-order valence-corrected chi connectivity index (χ4v) is 5.47. The SMILES string of the molecule is CC1CCCN(c2cc(N3CCN(C)CC3)c3noc4c3c2C(=O)c2ccccc2-4)C1. The van der Waals surface area contributed by atoms with E-state index in [9.17, 15) is 4.79 Å². The molecule has 2 aliphatic heterocycles. The van der Waals surface area contributed by atoms with Crippen molar-refractivity contribution in [2.75, 3.05) is 56.1 Å². The molecule has 2 saturated heterocycles. The summed E-state index contributed by atoms with van der Waals surface area (Å²) >= 11 is 0. The fourth-order valence-electron chi connectivity index (χ4n) is 5.47. The molecule has 2 aromatic carbocycles. The normalized spacial score (nSPS) is 21.6. The first-order valence-electron chi connectivity index (χ1n) is 11.4. The summed E-state index contributed by atoms with van der Waals surface area (Å²) in [6.45, 7) is 8.22. The van der Waals surface area contributed by atoms with Gasteiger partial charge >= 0.3 is 0 Å². The summed E-state index contributed by atoms with van der Waals surface area (Å²) in [7, 11) is 2.17. The Morgan fingerprint density at radius 3 is 2.55 bits per heavy atom. The largest absolute Gasteiger partial charge is 0.371 e. The van der Waals surface area contributed by atoms with Gasteiger partial charge in [0.25, 0.3) is 0 Å². The van der Waals surface area contributed by atoms with E-state index in [-0.39, 0.29) is 5.78 Å². The van der Waals surface area contributed by atoms with E-state index in [1.807, 2.05) is 24.3 Å². The smallest absolute Gasteiger partial charge is 0.196 e. The highest BCUT2D eigenvalue weighted by molar-refractivity contribution is 6.28. The first-order chi connectivity index (χ1) is 15.1. The molecular weight excluding hydrogens is 388 g/mol. The first kappa shape index (κ1) is 18.9. The summed E-state index contributed by atoms with van der Waals surface area (Å²) in [5.41, 5.74) is 5.32. The third-order valence-corrected chi connectivity index (χ3v) is 7.20. The maximum absolute atomic E-state index is 13.8. The van der Waals surface area contributed by atoms with Crippen molar-refractivity contribution < 1.29 is 9.32 Å². The predicted molar refractivity (Wildman–Crippen MR) is 123 cm³/mol. The summed E-state index contributed by atoms with van der Waals surface area (Å²) in [6.07, 6.45) is 2.40. The number of hydrogen-bond acceptors (Lipinski definition) is 6. The molecular formula is C25H28N4O2. The van der Waals surface area contributed by atoms with E-state index in [1.54, 1.807) is 0 Å². The highest BCUT2D eigenvalue weighted by Gasteiger charge is 2.35. The third-order valence-electron chi connectivity index (χ3n) is 7.20. The lowest BCUT2D eigenvalue weighted by atomic mass is 9.85. The molecule has 0 saturated carbocycles. The van der Waals surface area contributed by atoms with E-state index in [0.717, 1.165) is 84.9 Å². The van der Waals surface area contributed by atoms with Gasteiger partial charge < -0.3 is 19.2 Å². The highest BCUT2D eigenvalue weighted by atomic mass is 16.5. The third kappa shape index (κ3) is 2.88. The van der Waals surface area contributed by atoms with Gasteiger partial charge in [0, 0.05) is 50.4 Å². The van der Waals surface area contributed by atoms with Crippen LogP contribution in [0.2, 0.25) is 0 Å². The second-order valence-electron chi connectivity index (χ2n) is 9.38. The number of anilines is 2. The van der Waals surface area contributed by atoms with Crippen molar-refractivity contribution in [1.29, 1.82) is 0 Å². The lowest BCUT2D eigenvalue weighted by Crippen LogP contribution is -2.44. The minimum atomic E-state index is 0.0921. The van der Waals surface area contributed by atoms with E-state index in [2.05, 4.69) is 39.9 Å². The molecule has 3 aliphatic rings. The van der Waals surface area contributed by atoms with Crippen molar-refractivity contribution in [3.63, 3.8) is 0 Å². The fraction of sp³-hybridized carbons (Fsp3) is 0.440. The Hall–Kier alpha value is -2.86. The Morgan fingerprint density at radius 2 is 1.77 bits per heavy atom. The molecule has 6 rings (SSSR count). The molecule has 6 heteroatoms. The highest BCUT2D eigenvalue weighted by Crippen LogP contribution is 2.47. The second-order valence-corrected chi connectivity index (χ2v) is 9.38. The standard InChI is InChI=1S/C25H28N4O2/c1-16-6-5-9-29(15-16)19-14-20(28-12-10-27(2)11-13-28)23-22-21(19)24(30)17-7-3-4-8-18(17)25(22)31-26-23/h3-4,7-8,14,16H,5-6,9-13,15H2,1-2H3. The molecule has 3 aromatic rings. The maximum atomic E-state index is 13.8. The Balaban J connectivity index is 1.60. The van der Waals surface area contributed by atoms with Crippen molar-refractivity contribution in [3.8, 4) is 11.3 Å². The number of nitrogens with zero attached hydrogens (tertiary/aromatic N) is 4. The molecule has 0 radical (unpaired) electrons. The van der Waals surface area contributed by atoms with Crippen LogP contribution in [0.3, 0.4) is 0 Å². The zero-order valence-electron chi connectivity index (χ0n) is 18.2. The molecule has 0 amide bonds. The number of benzene rings is 2. The summed E-state index contributed by atoms with van der Waals surface area (Å²) in [5.74, 6) is 1.45. The van der Waals surface area contributed by atoms with Gasteiger partial charge in [-0.15, -0.1) is 0 Å². The van der Waals surface area contributed by atoms with Gasteiger partial charge in [-0.3, -0.25) is 4.79 Å². The predicted octanol–water partition coefficient (Wildman–Crippen LogP) is 4.03. The summed E-state index contributed by atoms with van der Waals surface area (Å²) in [4.78, 5) is 20.9. The monoisotopic (exact) mass is 416 g/mol. The number of rotatable bonds is 2. The van der Waals surface area contributed by atoms with Crippen LogP contribution >= 0.6 is 0 Å². The minimum Gasteiger partial charge on any atom is -0.371 e. The van der Waals surface area contributed by atoms with Gasteiger partial charge in [-0.2, -0.15) is 0 Å². The Kier molecular flexibility index (Phi) is 4.32. The number of piperazine rings is 1. The zero-order valence-corrected chi connectivity index (χ0v) is 18.2. The molecule has 2 fully saturated rings. The molecule has 0 bridgehead atoms. The van der Waals surface area contributed by atoms with Crippen LogP contribution < -0.4 is 9.80 Å². The van der Waals surface area contributed by atoms with E-state index in [1.165, 1.54) is 6.42 Å². The lowest BCUT2D eigenvalue weighted by Gasteiger charge is -2.37. The molecule has 1 atom stereocenters. The summed E-state index contributed by atoms with van der Waals surface area (Å²) in [6, 6.07) is 9.99. The van der Waals surface area contributed by atoms with Crippen molar-refractivity contribution >= 4 is 28.1 Å². The Bertz CT molecular complexity index is 1180. The number of carbonyl (C=O) groups is 1. The summed E-state index contributed by atoms with van der Waals surface area (Å²) < 4.78 is 5.93. The topological polar surface area (TPSA) is 52.8 Å². The molecule has 1 aromatic heterocycles. The van der Waals surface area contributed by atoms with Crippen molar-refractivity contribution in [2.24, 2.45) is 5.92 Å². The second kappa shape index (κ2) is 7.09. The van der Waals surface area contributed by atoms with Gasteiger partial charge in [0.2, 0.25) is 0 Å². The molecule has 0 N–H and O–H groups in total. The van der Waals surface area contributed by atoms with E-state index < -0.39 is 0 Å². The number of fused-ring (bicyclic) bond motifs is 2. The molecule has 0 spiro atoms. The maximum Gasteiger partial charge on any atom is 0.196 e. The number of hydrogen-bond donors (Lipinski definition) is 0. The zero-order chi connectivity index (χ0) is 21.1. The molecule has 3 heterocycles. The van der Waals surface area contributed by atoms with Crippen LogP contribution in [-0.4, -0.2) is 62.2 Å². The van der Waals surface area contributed by atoms with Crippen LogP contribution in [0.4, 0.5) is 11.4 Å². The van der Waals surface area contributed by atoms with Crippen molar-refractivity contribution in [3.05, 3.63) is 41.5 Å². The Labute approximate surface area is 182 Å². The van der Waals surface area contributed by atoms with Gasteiger partial charge in [0.05, 0.1) is 22.3 Å². The number of piperidine rings is 1. The molecule has 31 heavy (non-hydrogen) atoms. The first-order valence-corrected chi connectivity index (χ1v) is 11.4. The van der Waals surface area contributed by atoms with E-state index >= 15 is 0 Å². The average molecular weight is 417 g/mol. The van der Waals surface area contributed by atoms with Gasteiger partial charge in [-0.1, -0.05) is 36.3 Å². The van der Waals surface area contributed by atoms with Crippen LogP contribution in [0.15, 0.2) is 34.9 Å². The van der Waals surface area contributed by atoms with Gasteiger partial charge in [0.1, 0.15) is 5.52 Å². The van der Waals surface area contributed by atoms with Crippen LogP contribution in [0.5, 0.6) is 0 Å². The van der Waals surface area contributed by atoms with Crippen LogP contribution in [0.25, 0.3) is 22.2 Å². The minimum absolute atomic E-state index is 0.0921. The van der Waals surface area contributed by atoms with Crippen LogP contribution in [0, 0.1) is 5.92 Å². The molecule has 1 aliphatic carbocycles. The van der Waals surface area contributed by atoms with E-state index in [4.69, 9.17) is 4.52 Å². The van der Waals surface area contributed by atoms with E-state index in [0.29, 0.717) is 11.5 Å². The van der Waals surface area contributed by atoms with Crippen LogP contribution in [0.1, 0.15) is 35.7 Å². The molecule has 1 unspecified atom stereocenters. The van der Waals surface area contributed by atoms with Gasteiger partial charge in [0.15, 0.2) is 11.5 Å². The number of aromatic nitrogens is 1. The molecule has 6 nitrogen and oxygen atoms in total. The summed E-state index contributed by atoms with van der Waals surface area (Å²) in [5, 5.41) is 5.41. The quantitative estimate of drug-likeness (QED) is 0.492. The number of ketones is 1. The number of likely N-dealkylation sites (N-methyl/N-ethyl adjacent to an activating group) is 1.